The minimum atomic E-state index is -2.71. The number of hydrogen-bond acceptors (Lipinski definition) is 1. The van der Waals surface area contributed by atoms with Gasteiger partial charge in [-0.15, -0.1) is 0 Å². The Morgan fingerprint density at radius 3 is 1.45 bits per heavy atom. The van der Waals surface area contributed by atoms with Gasteiger partial charge in [-0.2, -0.15) is 0 Å². The Morgan fingerprint density at radius 1 is 0.394 bits per heavy atom. The van der Waals surface area contributed by atoms with E-state index in [-0.39, 0.29) is 16.2 Å². The fourth-order valence-electron chi connectivity index (χ4n) is 13.1. The Morgan fingerprint density at radius 2 is 0.879 bits per heavy atom. The first-order valence-electron chi connectivity index (χ1n) is 23.9. The molecule has 3 heterocycles. The lowest BCUT2D eigenvalue weighted by Gasteiger charge is -2.53. The van der Waals surface area contributed by atoms with Gasteiger partial charge in [-0.05, 0) is 122 Å². The average Bonchev–Trinajstić information content (AvgIpc) is 3.79. The van der Waals surface area contributed by atoms with E-state index in [0.717, 1.165) is 0 Å². The molecule has 0 bridgehead atoms. The summed E-state index contributed by atoms with van der Waals surface area (Å²) in [6.07, 6.45) is 0. The second-order valence-corrected chi connectivity index (χ2v) is 25.7. The zero-order chi connectivity index (χ0) is 45.1. The van der Waals surface area contributed by atoms with Crippen LogP contribution >= 0.6 is 0 Å². The van der Waals surface area contributed by atoms with E-state index >= 15 is 0 Å². The van der Waals surface area contributed by atoms with Gasteiger partial charge in [-0.1, -0.05) is 225 Å². The molecule has 0 fully saturated rings. The maximum atomic E-state index is 2.66. The van der Waals surface area contributed by atoms with Gasteiger partial charge in [0, 0.05) is 16.5 Å². The highest BCUT2D eigenvalue weighted by Gasteiger charge is 2.56. The van der Waals surface area contributed by atoms with Gasteiger partial charge >= 0.3 is 0 Å². The van der Waals surface area contributed by atoms with E-state index in [4.69, 9.17) is 0 Å². The van der Waals surface area contributed by atoms with Gasteiger partial charge in [0.2, 0.25) is 0 Å². The van der Waals surface area contributed by atoms with Crippen LogP contribution in [-0.4, -0.2) is 8.07 Å². The van der Waals surface area contributed by atoms with Crippen LogP contribution in [0.1, 0.15) is 99.9 Å². The Kier molecular flexibility index (Phi) is 7.93. The number of rotatable bonds is 1. The molecule has 1 aliphatic carbocycles. The van der Waals surface area contributed by atoms with Gasteiger partial charge in [0.25, 0.3) is 0 Å². The quantitative estimate of drug-likeness (QED) is 0.149. The molecule has 0 aromatic heterocycles. The van der Waals surface area contributed by atoms with Crippen molar-refractivity contribution < 1.29 is 0 Å². The van der Waals surface area contributed by atoms with Gasteiger partial charge in [-0.3, -0.25) is 0 Å². The lowest BCUT2D eigenvalue weighted by Crippen LogP contribution is -2.70. The van der Waals surface area contributed by atoms with Crippen molar-refractivity contribution in [1.82, 2.24) is 0 Å². The first kappa shape index (κ1) is 39.6. The lowest BCUT2D eigenvalue weighted by molar-refractivity contribution is 0.539. The third-order valence-corrected chi connectivity index (χ3v) is 21.2. The Hall–Kier alpha value is -6.74. The number of benzene rings is 9. The molecule has 2 heteroatoms. The van der Waals surface area contributed by atoms with Gasteiger partial charge < -0.3 is 4.90 Å². The van der Waals surface area contributed by atoms with Crippen LogP contribution in [-0.2, 0) is 21.7 Å². The highest BCUT2D eigenvalue weighted by atomic mass is 28.3. The number of anilines is 3. The van der Waals surface area contributed by atoms with Gasteiger partial charge in [0.15, 0.2) is 8.07 Å². The minimum Gasteiger partial charge on any atom is -0.309 e. The molecule has 0 saturated carbocycles. The molecule has 320 valence electrons. The van der Waals surface area contributed by atoms with Crippen molar-refractivity contribution in [2.75, 3.05) is 4.90 Å². The van der Waals surface area contributed by atoms with Crippen molar-refractivity contribution in [3.63, 3.8) is 0 Å². The molecule has 0 atom stereocenters. The third kappa shape index (κ3) is 4.90. The Bertz CT molecular complexity index is 3420. The van der Waals surface area contributed by atoms with Crippen LogP contribution in [0.15, 0.2) is 188 Å². The van der Waals surface area contributed by atoms with Gasteiger partial charge in [0.05, 0.1) is 16.8 Å². The molecule has 9 aromatic rings. The van der Waals surface area contributed by atoms with E-state index in [1.807, 2.05) is 0 Å². The summed E-state index contributed by atoms with van der Waals surface area (Å²) in [6, 6.07) is 73.9. The van der Waals surface area contributed by atoms with Crippen molar-refractivity contribution in [2.24, 2.45) is 0 Å². The molecule has 13 rings (SSSR count). The summed E-state index contributed by atoms with van der Waals surface area (Å²) < 4.78 is 0. The summed E-state index contributed by atoms with van der Waals surface area (Å²) in [5, 5.41) is 8.50. The molecular weight excluding hydrogens is 811 g/mol. The summed E-state index contributed by atoms with van der Waals surface area (Å²) in [5.74, 6) is 0. The van der Waals surface area contributed by atoms with Gasteiger partial charge in [0.1, 0.15) is 0 Å². The van der Waals surface area contributed by atoms with Crippen molar-refractivity contribution in [3.8, 4) is 22.3 Å². The maximum absolute atomic E-state index is 2.71. The van der Waals surface area contributed by atoms with Gasteiger partial charge in [-0.25, -0.2) is 0 Å². The molecular formula is C64H55NSi. The standard InChI is InChI=1S/C64H55NSi/c1-61(2,3)41-30-35-49-53(37-41)64(54-38-42(62(4,5)6)31-36-50(54)63(49,7)8)51-24-14-15-25-55(51)65(60-44-20-10-9-19-40(44)29-34-52(60)64)43-32-33-48-47-23-13-18-28-58(47)66(59(48)39-43)56-26-16-11-21-45(56)46-22-12-17-27-57(46)66/h9-39H,1-8H3. The van der Waals surface area contributed by atoms with E-state index in [9.17, 15) is 0 Å². The van der Waals surface area contributed by atoms with Crippen molar-refractivity contribution in [1.29, 1.82) is 0 Å². The van der Waals surface area contributed by atoms with E-state index in [0.29, 0.717) is 0 Å². The predicted octanol–water partition coefficient (Wildman–Crippen LogP) is 13.6. The molecule has 0 unspecified atom stereocenters. The van der Waals surface area contributed by atoms with E-state index < -0.39 is 13.5 Å². The summed E-state index contributed by atoms with van der Waals surface area (Å²) in [5.41, 5.74) is 19.3. The van der Waals surface area contributed by atoms with Crippen LogP contribution in [0.25, 0.3) is 33.0 Å². The number of fused-ring (bicyclic) bond motifs is 20. The van der Waals surface area contributed by atoms with Crippen LogP contribution in [0.2, 0.25) is 0 Å². The molecule has 1 nitrogen and oxygen atoms in total. The minimum absolute atomic E-state index is 0.0420. The molecule has 4 aliphatic rings. The summed E-state index contributed by atoms with van der Waals surface area (Å²) in [7, 11) is -2.71. The summed E-state index contributed by atoms with van der Waals surface area (Å²) in [4.78, 5) is 2.66. The smallest absolute Gasteiger partial charge is 0.182 e. The van der Waals surface area contributed by atoms with Crippen LogP contribution < -0.4 is 25.6 Å². The fraction of sp³-hybridized carbons (Fsp3) is 0.188. The molecule has 3 aliphatic heterocycles. The Labute approximate surface area is 391 Å². The number of para-hydroxylation sites is 1. The normalized spacial score (nSPS) is 16.2. The van der Waals surface area contributed by atoms with Crippen LogP contribution in [0, 0.1) is 0 Å². The molecule has 66 heavy (non-hydrogen) atoms. The molecule has 2 spiro atoms. The van der Waals surface area contributed by atoms with Crippen molar-refractivity contribution in [3.05, 3.63) is 233 Å². The maximum Gasteiger partial charge on any atom is 0.182 e. The molecule has 0 saturated heterocycles. The number of hydrogen-bond donors (Lipinski definition) is 0. The van der Waals surface area contributed by atoms with E-state index in [1.54, 1.807) is 0 Å². The first-order chi connectivity index (χ1) is 31.8. The van der Waals surface area contributed by atoms with E-state index in [1.165, 1.54) is 115 Å². The summed E-state index contributed by atoms with van der Waals surface area (Å²) >= 11 is 0. The summed E-state index contributed by atoms with van der Waals surface area (Å²) in [6.45, 7) is 19.1. The molecule has 9 aromatic carbocycles. The average molecular weight is 866 g/mol. The first-order valence-corrected chi connectivity index (χ1v) is 25.9. The highest BCUT2D eigenvalue weighted by Crippen LogP contribution is 2.64. The van der Waals surface area contributed by atoms with Crippen LogP contribution in [0.5, 0.6) is 0 Å². The largest absolute Gasteiger partial charge is 0.309 e. The second kappa shape index (κ2) is 13.2. The molecule has 0 amide bonds. The van der Waals surface area contributed by atoms with E-state index in [2.05, 4.69) is 248 Å². The second-order valence-electron chi connectivity index (χ2n) is 22.0. The number of nitrogens with zero attached hydrogens (tertiary/aromatic N) is 1. The van der Waals surface area contributed by atoms with Crippen molar-refractivity contribution in [2.45, 2.75) is 77.0 Å². The molecule has 0 N–H and O–H groups in total. The van der Waals surface area contributed by atoms with Crippen LogP contribution in [0.3, 0.4) is 0 Å². The molecule has 0 radical (unpaired) electrons. The van der Waals surface area contributed by atoms with Crippen molar-refractivity contribution >= 4 is 56.7 Å². The lowest BCUT2D eigenvalue weighted by atomic mass is 9.52. The Balaban J connectivity index is 1.17. The topological polar surface area (TPSA) is 3.24 Å². The monoisotopic (exact) mass is 865 g/mol. The zero-order valence-corrected chi connectivity index (χ0v) is 40.3. The predicted molar refractivity (Wildman–Crippen MR) is 282 cm³/mol. The fourth-order valence-corrected chi connectivity index (χ4v) is 18.8. The SMILES string of the molecule is CC(C)(C)c1ccc2c(c1)C1(c3ccccc3N(c3ccc4c(c3)[Si]3(c5ccccc5-c5ccccc53)c3ccccc3-4)c3c1ccc1ccccc31)c1cc(C(C)(C)C)ccc1C2(C)C. The third-order valence-electron chi connectivity index (χ3n) is 16.2. The highest BCUT2D eigenvalue weighted by molar-refractivity contribution is 7.24. The van der Waals surface area contributed by atoms with Crippen LogP contribution in [0.4, 0.5) is 17.1 Å². The zero-order valence-electron chi connectivity index (χ0n) is 39.3.